The van der Waals surface area contributed by atoms with E-state index in [4.69, 9.17) is 16.3 Å². The van der Waals surface area contributed by atoms with Crippen molar-refractivity contribution in [1.29, 1.82) is 0 Å². The highest BCUT2D eigenvalue weighted by Crippen LogP contribution is 2.26. The summed E-state index contributed by atoms with van der Waals surface area (Å²) in [4.78, 5) is 2.09. The Morgan fingerprint density at radius 2 is 2.12 bits per heavy atom. The van der Waals surface area contributed by atoms with Crippen LogP contribution in [0.1, 0.15) is 12.5 Å². The molecule has 0 spiro atoms. The molecule has 3 nitrogen and oxygen atoms in total. The van der Waals surface area contributed by atoms with Gasteiger partial charge in [-0.1, -0.05) is 24.6 Å². The van der Waals surface area contributed by atoms with Crippen molar-refractivity contribution < 1.29 is 4.74 Å². The van der Waals surface area contributed by atoms with Crippen LogP contribution in [-0.4, -0.2) is 38.7 Å². The van der Waals surface area contributed by atoms with Crippen LogP contribution < -0.4 is 10.1 Å². The molecule has 1 rings (SSSR count). The molecule has 0 amide bonds. The van der Waals surface area contributed by atoms with Gasteiger partial charge in [0.15, 0.2) is 0 Å². The smallest absolute Gasteiger partial charge is 0.125 e. The average Bonchev–Trinajstić information content (AvgIpc) is 2.28. The van der Waals surface area contributed by atoms with Gasteiger partial charge in [-0.2, -0.15) is 0 Å². The summed E-state index contributed by atoms with van der Waals surface area (Å²) in [5.74, 6) is 0.875. The van der Waals surface area contributed by atoms with Crippen LogP contribution >= 0.6 is 11.6 Å². The lowest BCUT2D eigenvalue weighted by Crippen LogP contribution is -2.20. The van der Waals surface area contributed by atoms with E-state index in [-0.39, 0.29) is 0 Å². The van der Waals surface area contributed by atoms with Crippen LogP contribution in [-0.2, 0) is 6.54 Å². The minimum Gasteiger partial charge on any atom is -0.492 e. The molecule has 1 aromatic carbocycles. The molecule has 17 heavy (non-hydrogen) atoms. The molecule has 0 saturated heterocycles. The number of nitrogens with zero attached hydrogens (tertiary/aromatic N) is 1. The monoisotopic (exact) mass is 256 g/mol. The molecular weight excluding hydrogens is 236 g/mol. The van der Waals surface area contributed by atoms with Crippen LogP contribution in [0.3, 0.4) is 0 Å². The maximum absolute atomic E-state index is 6.18. The molecule has 0 aromatic heterocycles. The number of rotatable bonds is 7. The van der Waals surface area contributed by atoms with Gasteiger partial charge < -0.3 is 15.0 Å². The number of hydrogen-bond donors (Lipinski definition) is 1. The Morgan fingerprint density at radius 1 is 1.35 bits per heavy atom. The fourth-order valence-electron chi connectivity index (χ4n) is 1.43. The second kappa shape index (κ2) is 7.54. The molecule has 96 valence electrons. The first-order valence-corrected chi connectivity index (χ1v) is 6.28. The third-order valence-corrected chi connectivity index (χ3v) is 2.78. The summed E-state index contributed by atoms with van der Waals surface area (Å²) < 4.78 is 5.76. The maximum atomic E-state index is 6.18. The largest absolute Gasteiger partial charge is 0.492 e. The summed E-state index contributed by atoms with van der Waals surface area (Å²) in [7, 11) is 4.06. The fourth-order valence-corrected chi connectivity index (χ4v) is 1.67. The SMILES string of the molecule is CCNCc1c(Cl)cccc1OCCN(C)C. The van der Waals surface area contributed by atoms with Crippen molar-refractivity contribution in [2.45, 2.75) is 13.5 Å². The zero-order valence-electron chi connectivity index (χ0n) is 10.8. The van der Waals surface area contributed by atoms with E-state index in [0.29, 0.717) is 6.61 Å². The molecule has 0 unspecified atom stereocenters. The molecule has 0 radical (unpaired) electrons. The summed E-state index contributed by atoms with van der Waals surface area (Å²) in [5.41, 5.74) is 1.04. The fraction of sp³-hybridized carbons (Fsp3) is 0.538. The standard InChI is InChI=1S/C13H21ClN2O/c1-4-15-10-11-12(14)6-5-7-13(11)17-9-8-16(2)3/h5-7,15H,4,8-10H2,1-3H3. The van der Waals surface area contributed by atoms with E-state index in [2.05, 4.69) is 17.1 Å². The Bertz CT molecular complexity index is 342. The third-order valence-electron chi connectivity index (χ3n) is 2.42. The maximum Gasteiger partial charge on any atom is 0.125 e. The first kappa shape index (κ1) is 14.3. The summed E-state index contributed by atoms with van der Waals surface area (Å²) in [5, 5.41) is 4.03. The van der Waals surface area contributed by atoms with Gasteiger partial charge in [0.2, 0.25) is 0 Å². The Kier molecular flexibility index (Phi) is 6.34. The Hall–Kier alpha value is -0.770. The van der Waals surface area contributed by atoms with Crippen molar-refractivity contribution in [2.75, 3.05) is 33.8 Å². The highest BCUT2D eigenvalue weighted by atomic mass is 35.5. The predicted molar refractivity (Wildman–Crippen MR) is 72.9 cm³/mol. The molecule has 0 saturated carbocycles. The number of benzene rings is 1. The van der Waals surface area contributed by atoms with Crippen LogP contribution in [0.25, 0.3) is 0 Å². The van der Waals surface area contributed by atoms with E-state index < -0.39 is 0 Å². The van der Waals surface area contributed by atoms with Crippen molar-refractivity contribution in [3.05, 3.63) is 28.8 Å². The minimum atomic E-state index is 0.673. The normalized spacial score (nSPS) is 10.9. The quantitative estimate of drug-likeness (QED) is 0.811. The molecule has 0 aliphatic carbocycles. The van der Waals surface area contributed by atoms with E-state index in [9.17, 15) is 0 Å². The number of nitrogens with one attached hydrogen (secondary N) is 1. The van der Waals surface area contributed by atoms with Crippen molar-refractivity contribution in [2.24, 2.45) is 0 Å². The molecule has 4 heteroatoms. The minimum absolute atomic E-state index is 0.673. The van der Waals surface area contributed by atoms with Gasteiger partial charge in [0.05, 0.1) is 0 Å². The van der Waals surface area contributed by atoms with Crippen LogP contribution in [0, 0.1) is 0 Å². The molecule has 0 aliphatic heterocycles. The number of halogens is 1. The third kappa shape index (κ3) is 4.94. The average molecular weight is 257 g/mol. The van der Waals surface area contributed by atoms with E-state index in [1.54, 1.807) is 0 Å². The van der Waals surface area contributed by atoms with Crippen LogP contribution in [0.4, 0.5) is 0 Å². The highest BCUT2D eigenvalue weighted by molar-refractivity contribution is 6.31. The molecule has 0 fully saturated rings. The second-order valence-electron chi connectivity index (χ2n) is 4.15. The van der Waals surface area contributed by atoms with Crippen LogP contribution in [0.2, 0.25) is 5.02 Å². The van der Waals surface area contributed by atoms with Gasteiger partial charge in [0.1, 0.15) is 12.4 Å². The van der Waals surface area contributed by atoms with Crippen molar-refractivity contribution >= 4 is 11.6 Å². The first-order valence-electron chi connectivity index (χ1n) is 5.90. The summed E-state index contributed by atoms with van der Waals surface area (Å²) >= 11 is 6.18. The molecule has 1 aromatic rings. The molecular formula is C13H21ClN2O. The van der Waals surface area contributed by atoms with Gasteiger partial charge in [0, 0.05) is 23.7 Å². The van der Waals surface area contributed by atoms with Gasteiger partial charge in [-0.15, -0.1) is 0 Å². The lowest BCUT2D eigenvalue weighted by molar-refractivity contribution is 0.259. The lowest BCUT2D eigenvalue weighted by atomic mass is 10.2. The summed E-state index contributed by atoms with van der Waals surface area (Å²) in [6.07, 6.45) is 0. The first-order chi connectivity index (χ1) is 8.15. The van der Waals surface area contributed by atoms with Gasteiger partial charge >= 0.3 is 0 Å². The van der Waals surface area contributed by atoms with Gasteiger partial charge in [-0.05, 0) is 32.8 Å². The van der Waals surface area contributed by atoms with Crippen molar-refractivity contribution in [3.8, 4) is 5.75 Å². The van der Waals surface area contributed by atoms with Crippen molar-refractivity contribution in [1.82, 2.24) is 10.2 Å². The van der Waals surface area contributed by atoms with E-state index in [0.717, 1.165) is 36.0 Å². The molecule has 0 aliphatic rings. The zero-order valence-corrected chi connectivity index (χ0v) is 11.5. The van der Waals surface area contributed by atoms with Crippen LogP contribution in [0.5, 0.6) is 5.75 Å². The van der Waals surface area contributed by atoms with Crippen molar-refractivity contribution in [3.63, 3.8) is 0 Å². The second-order valence-corrected chi connectivity index (χ2v) is 4.56. The van der Waals surface area contributed by atoms with E-state index >= 15 is 0 Å². The number of likely N-dealkylation sites (N-methyl/N-ethyl adjacent to an activating group) is 1. The zero-order chi connectivity index (χ0) is 12.7. The van der Waals surface area contributed by atoms with E-state index in [1.165, 1.54) is 0 Å². The topological polar surface area (TPSA) is 24.5 Å². The highest BCUT2D eigenvalue weighted by Gasteiger charge is 2.07. The summed E-state index contributed by atoms with van der Waals surface area (Å²) in [6.45, 7) is 5.30. The Morgan fingerprint density at radius 3 is 2.76 bits per heavy atom. The summed E-state index contributed by atoms with van der Waals surface area (Å²) in [6, 6.07) is 5.78. The molecule has 0 heterocycles. The van der Waals surface area contributed by atoms with Gasteiger partial charge in [-0.25, -0.2) is 0 Å². The lowest BCUT2D eigenvalue weighted by Gasteiger charge is -2.15. The van der Waals surface area contributed by atoms with Gasteiger partial charge in [-0.3, -0.25) is 0 Å². The Balaban J connectivity index is 2.65. The van der Waals surface area contributed by atoms with Crippen LogP contribution in [0.15, 0.2) is 18.2 Å². The molecule has 1 N–H and O–H groups in total. The van der Waals surface area contributed by atoms with E-state index in [1.807, 2.05) is 32.3 Å². The van der Waals surface area contributed by atoms with Gasteiger partial charge in [0.25, 0.3) is 0 Å². The number of hydrogen-bond acceptors (Lipinski definition) is 3. The molecule has 0 bridgehead atoms. The number of ether oxygens (including phenoxy) is 1. The predicted octanol–water partition coefficient (Wildman–Crippen LogP) is 2.39. The molecule has 0 atom stereocenters. The Labute approximate surface area is 109 Å².